The number of rotatable bonds is 5. The summed E-state index contributed by atoms with van der Waals surface area (Å²) in [6.07, 6.45) is 3.98. The molecule has 0 spiro atoms. The highest BCUT2D eigenvalue weighted by Crippen LogP contribution is 2.29. The first-order chi connectivity index (χ1) is 8.22. The van der Waals surface area contributed by atoms with Gasteiger partial charge in [-0.1, -0.05) is 13.0 Å². The predicted molar refractivity (Wildman–Crippen MR) is 66.0 cm³/mol. The zero-order valence-electron chi connectivity index (χ0n) is 10.2. The molecule has 0 radical (unpaired) electrons. The maximum Gasteiger partial charge on any atom is 0.227 e. The van der Waals surface area contributed by atoms with Crippen LogP contribution in [-0.2, 0) is 11.3 Å². The fourth-order valence-corrected chi connectivity index (χ4v) is 1.82. The number of hydrogen-bond acceptors (Lipinski definition) is 3. The van der Waals surface area contributed by atoms with E-state index >= 15 is 0 Å². The Labute approximate surface area is 102 Å². The van der Waals surface area contributed by atoms with Gasteiger partial charge < -0.3 is 10.6 Å². The fraction of sp³-hybridized carbons (Fsp3) is 0.538. The second-order valence-corrected chi connectivity index (χ2v) is 4.66. The molecule has 2 N–H and O–H groups in total. The standard InChI is InChI=1S/C13H19N3O/c1-10(8-14)13(17)16(12-5-6-12)9-11-4-2-3-7-15-11/h2-4,7,10,12H,5-6,8-9,14H2,1H3. The van der Waals surface area contributed by atoms with Crippen LogP contribution in [0.15, 0.2) is 24.4 Å². The second-order valence-electron chi connectivity index (χ2n) is 4.66. The van der Waals surface area contributed by atoms with E-state index in [1.165, 1.54) is 0 Å². The van der Waals surface area contributed by atoms with Crippen molar-refractivity contribution in [3.63, 3.8) is 0 Å². The number of amides is 1. The summed E-state index contributed by atoms with van der Waals surface area (Å²) in [6, 6.07) is 6.19. The van der Waals surface area contributed by atoms with E-state index in [1.54, 1.807) is 6.20 Å². The normalized spacial score (nSPS) is 16.6. The maximum atomic E-state index is 12.2. The van der Waals surface area contributed by atoms with E-state index in [9.17, 15) is 4.79 Å². The molecule has 1 aliphatic rings. The van der Waals surface area contributed by atoms with Crippen LogP contribution >= 0.6 is 0 Å². The first-order valence-electron chi connectivity index (χ1n) is 6.13. The van der Waals surface area contributed by atoms with Crippen LogP contribution in [0.25, 0.3) is 0 Å². The lowest BCUT2D eigenvalue weighted by Crippen LogP contribution is -2.39. The van der Waals surface area contributed by atoms with Crippen LogP contribution in [0.4, 0.5) is 0 Å². The summed E-state index contributed by atoms with van der Waals surface area (Å²) in [5.74, 6) is 0.0555. The molecule has 1 fully saturated rings. The second kappa shape index (κ2) is 5.27. The Balaban J connectivity index is 2.05. The summed E-state index contributed by atoms with van der Waals surface area (Å²) >= 11 is 0. The molecular weight excluding hydrogens is 214 g/mol. The van der Waals surface area contributed by atoms with E-state index < -0.39 is 0 Å². The summed E-state index contributed by atoms with van der Waals surface area (Å²) in [5, 5.41) is 0. The number of nitrogens with zero attached hydrogens (tertiary/aromatic N) is 2. The topological polar surface area (TPSA) is 59.2 Å². The van der Waals surface area contributed by atoms with Crippen molar-refractivity contribution in [2.75, 3.05) is 6.54 Å². The fourth-order valence-electron chi connectivity index (χ4n) is 1.82. The zero-order valence-corrected chi connectivity index (χ0v) is 10.2. The van der Waals surface area contributed by atoms with Crippen LogP contribution < -0.4 is 5.73 Å². The van der Waals surface area contributed by atoms with Gasteiger partial charge >= 0.3 is 0 Å². The van der Waals surface area contributed by atoms with Crippen LogP contribution in [-0.4, -0.2) is 28.4 Å². The Hall–Kier alpha value is -1.42. The average Bonchev–Trinajstić information content (AvgIpc) is 3.19. The molecule has 92 valence electrons. The van der Waals surface area contributed by atoms with Crippen molar-refractivity contribution in [1.29, 1.82) is 0 Å². The third-order valence-electron chi connectivity index (χ3n) is 3.10. The van der Waals surface area contributed by atoms with Gasteiger partial charge in [0, 0.05) is 24.7 Å². The van der Waals surface area contributed by atoms with Crippen LogP contribution in [0.1, 0.15) is 25.5 Å². The van der Waals surface area contributed by atoms with Crippen molar-refractivity contribution < 1.29 is 4.79 Å². The monoisotopic (exact) mass is 233 g/mol. The third-order valence-corrected chi connectivity index (χ3v) is 3.10. The maximum absolute atomic E-state index is 12.2. The minimum atomic E-state index is -0.0979. The minimum absolute atomic E-state index is 0.0979. The molecular formula is C13H19N3O. The molecule has 1 unspecified atom stereocenters. The Bertz CT molecular complexity index is 376. The van der Waals surface area contributed by atoms with Crippen LogP contribution in [0.2, 0.25) is 0 Å². The molecule has 1 amide bonds. The van der Waals surface area contributed by atoms with E-state index in [1.807, 2.05) is 30.0 Å². The third kappa shape index (κ3) is 3.03. The smallest absolute Gasteiger partial charge is 0.227 e. The van der Waals surface area contributed by atoms with Gasteiger partial charge in [-0.2, -0.15) is 0 Å². The van der Waals surface area contributed by atoms with Gasteiger partial charge in [0.2, 0.25) is 5.91 Å². The molecule has 4 heteroatoms. The summed E-state index contributed by atoms with van der Waals surface area (Å²) in [4.78, 5) is 18.4. The van der Waals surface area contributed by atoms with Gasteiger partial charge in [0.15, 0.2) is 0 Å². The SMILES string of the molecule is CC(CN)C(=O)N(Cc1ccccn1)C1CC1. The molecule has 0 saturated heterocycles. The van der Waals surface area contributed by atoms with E-state index in [0.717, 1.165) is 18.5 Å². The van der Waals surface area contributed by atoms with Gasteiger partial charge in [-0.3, -0.25) is 9.78 Å². The lowest BCUT2D eigenvalue weighted by Gasteiger charge is -2.24. The molecule has 0 bridgehead atoms. The summed E-state index contributed by atoms with van der Waals surface area (Å²) in [5.41, 5.74) is 6.50. The van der Waals surface area contributed by atoms with Gasteiger partial charge in [0.05, 0.1) is 12.2 Å². The summed E-state index contributed by atoms with van der Waals surface area (Å²) in [7, 11) is 0. The van der Waals surface area contributed by atoms with Gasteiger partial charge in [0.25, 0.3) is 0 Å². The first kappa shape index (κ1) is 12.0. The highest BCUT2D eigenvalue weighted by atomic mass is 16.2. The van der Waals surface area contributed by atoms with Gasteiger partial charge in [0.1, 0.15) is 0 Å². The molecule has 1 saturated carbocycles. The molecule has 2 rings (SSSR count). The largest absolute Gasteiger partial charge is 0.334 e. The van der Waals surface area contributed by atoms with E-state index in [-0.39, 0.29) is 11.8 Å². The van der Waals surface area contributed by atoms with Crippen LogP contribution in [0.3, 0.4) is 0 Å². The quantitative estimate of drug-likeness (QED) is 0.830. The van der Waals surface area contributed by atoms with Gasteiger partial charge in [-0.25, -0.2) is 0 Å². The molecule has 4 nitrogen and oxygen atoms in total. The Kier molecular flexibility index (Phi) is 3.74. The Morgan fingerprint density at radius 1 is 1.59 bits per heavy atom. The minimum Gasteiger partial charge on any atom is -0.334 e. The Morgan fingerprint density at radius 2 is 2.35 bits per heavy atom. The molecule has 0 aliphatic heterocycles. The lowest BCUT2D eigenvalue weighted by atomic mass is 10.1. The Morgan fingerprint density at radius 3 is 2.88 bits per heavy atom. The number of hydrogen-bond donors (Lipinski definition) is 1. The molecule has 1 aliphatic carbocycles. The molecule has 0 aromatic carbocycles. The van der Waals surface area contributed by atoms with E-state index in [4.69, 9.17) is 5.73 Å². The predicted octanol–water partition coefficient (Wildman–Crippen LogP) is 1.17. The first-order valence-corrected chi connectivity index (χ1v) is 6.13. The highest BCUT2D eigenvalue weighted by Gasteiger charge is 2.34. The molecule has 1 atom stereocenters. The van der Waals surface area contributed by atoms with Gasteiger partial charge in [-0.05, 0) is 25.0 Å². The number of carbonyl (C=O) groups is 1. The summed E-state index contributed by atoms with van der Waals surface area (Å²) in [6.45, 7) is 2.90. The molecule has 1 aromatic rings. The van der Waals surface area contributed by atoms with Crippen molar-refractivity contribution in [3.05, 3.63) is 30.1 Å². The van der Waals surface area contributed by atoms with Crippen LogP contribution in [0, 0.1) is 5.92 Å². The molecule has 1 aromatic heterocycles. The molecule has 17 heavy (non-hydrogen) atoms. The van der Waals surface area contributed by atoms with Crippen molar-refractivity contribution in [2.45, 2.75) is 32.4 Å². The van der Waals surface area contributed by atoms with Crippen molar-refractivity contribution >= 4 is 5.91 Å². The zero-order chi connectivity index (χ0) is 12.3. The number of pyridine rings is 1. The van der Waals surface area contributed by atoms with Crippen molar-refractivity contribution in [3.8, 4) is 0 Å². The lowest BCUT2D eigenvalue weighted by molar-refractivity contribution is -0.136. The van der Waals surface area contributed by atoms with E-state index in [2.05, 4.69) is 4.98 Å². The van der Waals surface area contributed by atoms with Crippen molar-refractivity contribution in [1.82, 2.24) is 9.88 Å². The van der Waals surface area contributed by atoms with E-state index in [0.29, 0.717) is 19.1 Å². The van der Waals surface area contributed by atoms with Crippen molar-refractivity contribution in [2.24, 2.45) is 11.7 Å². The number of carbonyl (C=O) groups excluding carboxylic acids is 1. The average molecular weight is 233 g/mol. The number of aromatic nitrogens is 1. The molecule has 1 heterocycles. The number of nitrogens with two attached hydrogens (primary N) is 1. The summed E-state index contributed by atoms with van der Waals surface area (Å²) < 4.78 is 0. The highest BCUT2D eigenvalue weighted by molar-refractivity contribution is 5.79. The van der Waals surface area contributed by atoms with Gasteiger partial charge in [-0.15, -0.1) is 0 Å². The van der Waals surface area contributed by atoms with Crippen LogP contribution in [0.5, 0.6) is 0 Å².